The first-order chi connectivity index (χ1) is 7.47. The van der Waals surface area contributed by atoms with Gasteiger partial charge in [-0.05, 0) is 12.8 Å². The van der Waals surface area contributed by atoms with Crippen molar-refractivity contribution in [3.63, 3.8) is 0 Å². The van der Waals surface area contributed by atoms with Crippen LogP contribution in [0.15, 0.2) is 0 Å². The molecule has 1 heterocycles. The van der Waals surface area contributed by atoms with Gasteiger partial charge in [0.15, 0.2) is 11.9 Å². The van der Waals surface area contributed by atoms with E-state index in [0.717, 1.165) is 0 Å². The third-order valence-electron chi connectivity index (χ3n) is 3.25. The molecule has 0 radical (unpaired) electrons. The summed E-state index contributed by atoms with van der Waals surface area (Å²) in [6, 6.07) is 0. The summed E-state index contributed by atoms with van der Waals surface area (Å²) in [6.07, 6.45) is 0.0654. The molecule has 2 rings (SSSR count). The third-order valence-corrected chi connectivity index (χ3v) is 3.25. The van der Waals surface area contributed by atoms with Gasteiger partial charge in [-0.25, -0.2) is 8.78 Å². The molecule has 1 saturated carbocycles. The van der Waals surface area contributed by atoms with Gasteiger partial charge in [0.05, 0.1) is 12.7 Å². The monoisotopic (exact) mass is 238 g/mol. The molecule has 1 unspecified atom stereocenters. The quantitative estimate of drug-likeness (QED) is 0.742. The Labute approximate surface area is 92.2 Å². The second-order valence-electron chi connectivity index (χ2n) is 4.48. The topological polar surface area (TPSA) is 58.9 Å². The standard InChI is InChI=1S/C10H16F2O4/c11-10(12,6-13)8-5-15-9(16-8)3-1-7(14)2-4-9/h7-8,13-14H,1-6H2. The second kappa shape index (κ2) is 4.18. The molecule has 1 saturated heterocycles. The maximum absolute atomic E-state index is 13.2. The van der Waals surface area contributed by atoms with Gasteiger partial charge in [-0.3, -0.25) is 0 Å². The van der Waals surface area contributed by atoms with E-state index in [1.165, 1.54) is 0 Å². The van der Waals surface area contributed by atoms with Crippen molar-refractivity contribution in [3.8, 4) is 0 Å². The Morgan fingerprint density at radius 2 is 1.94 bits per heavy atom. The molecule has 0 aromatic rings. The highest BCUT2D eigenvalue weighted by Gasteiger charge is 2.52. The molecule has 0 bridgehead atoms. The van der Waals surface area contributed by atoms with Crippen LogP contribution in [0, 0.1) is 0 Å². The van der Waals surface area contributed by atoms with Crippen LogP contribution in [-0.2, 0) is 9.47 Å². The van der Waals surface area contributed by atoms with Gasteiger partial charge in [-0.1, -0.05) is 0 Å². The molecular weight excluding hydrogens is 222 g/mol. The van der Waals surface area contributed by atoms with Crippen LogP contribution in [0.2, 0.25) is 0 Å². The Bertz CT molecular complexity index is 251. The van der Waals surface area contributed by atoms with Crippen molar-refractivity contribution in [3.05, 3.63) is 0 Å². The van der Waals surface area contributed by atoms with Gasteiger partial charge in [0.1, 0.15) is 6.61 Å². The van der Waals surface area contributed by atoms with Crippen LogP contribution < -0.4 is 0 Å². The second-order valence-corrected chi connectivity index (χ2v) is 4.48. The summed E-state index contributed by atoms with van der Waals surface area (Å²) in [4.78, 5) is 0. The highest BCUT2D eigenvalue weighted by atomic mass is 19.3. The van der Waals surface area contributed by atoms with Crippen LogP contribution in [0.3, 0.4) is 0 Å². The zero-order valence-electron chi connectivity index (χ0n) is 8.86. The molecule has 4 nitrogen and oxygen atoms in total. The summed E-state index contributed by atoms with van der Waals surface area (Å²) in [6.45, 7) is -1.44. The lowest BCUT2D eigenvalue weighted by molar-refractivity contribution is -0.227. The lowest BCUT2D eigenvalue weighted by Crippen LogP contribution is -2.42. The van der Waals surface area contributed by atoms with E-state index in [2.05, 4.69) is 0 Å². The summed E-state index contributed by atoms with van der Waals surface area (Å²) < 4.78 is 36.9. The molecule has 0 aromatic carbocycles. The van der Waals surface area contributed by atoms with E-state index in [-0.39, 0.29) is 6.61 Å². The summed E-state index contributed by atoms with van der Waals surface area (Å²) in [5.41, 5.74) is 0. The Morgan fingerprint density at radius 3 is 2.50 bits per heavy atom. The van der Waals surface area contributed by atoms with Crippen molar-refractivity contribution >= 4 is 0 Å². The average Bonchev–Trinajstić information content (AvgIpc) is 2.68. The van der Waals surface area contributed by atoms with Crippen molar-refractivity contribution in [2.24, 2.45) is 0 Å². The highest BCUT2D eigenvalue weighted by Crippen LogP contribution is 2.41. The summed E-state index contributed by atoms with van der Waals surface area (Å²) in [5.74, 6) is -4.23. The van der Waals surface area contributed by atoms with E-state index in [1.54, 1.807) is 0 Å². The third kappa shape index (κ3) is 2.20. The highest BCUT2D eigenvalue weighted by molar-refractivity contribution is 4.90. The molecule has 1 atom stereocenters. The summed E-state index contributed by atoms with van der Waals surface area (Å²) in [7, 11) is 0. The molecule has 0 aromatic heterocycles. The number of hydrogen-bond acceptors (Lipinski definition) is 4. The van der Waals surface area contributed by atoms with Gasteiger partial charge in [0.2, 0.25) is 0 Å². The van der Waals surface area contributed by atoms with Gasteiger partial charge in [0, 0.05) is 12.8 Å². The van der Waals surface area contributed by atoms with Gasteiger partial charge < -0.3 is 19.7 Å². The SMILES string of the molecule is OCC(F)(F)C1COC2(CCC(O)CC2)O1. The van der Waals surface area contributed by atoms with Gasteiger partial charge in [0.25, 0.3) is 5.92 Å². The van der Waals surface area contributed by atoms with E-state index in [4.69, 9.17) is 14.6 Å². The van der Waals surface area contributed by atoms with E-state index < -0.39 is 30.5 Å². The predicted octanol–water partition coefficient (Wildman–Crippen LogP) is 0.661. The molecule has 0 amide bonds. The maximum atomic E-state index is 13.2. The molecule has 6 heteroatoms. The minimum Gasteiger partial charge on any atom is -0.393 e. The Morgan fingerprint density at radius 1 is 1.31 bits per heavy atom. The Kier molecular flexibility index (Phi) is 3.18. The van der Waals surface area contributed by atoms with Gasteiger partial charge in [-0.15, -0.1) is 0 Å². The van der Waals surface area contributed by atoms with Crippen molar-refractivity contribution in [2.75, 3.05) is 13.2 Å². The fraction of sp³-hybridized carbons (Fsp3) is 1.00. The van der Waals surface area contributed by atoms with E-state index in [0.29, 0.717) is 25.7 Å². The minimum absolute atomic E-state index is 0.205. The van der Waals surface area contributed by atoms with Crippen LogP contribution in [0.5, 0.6) is 0 Å². The first kappa shape index (κ1) is 12.2. The number of aliphatic hydroxyl groups excluding tert-OH is 2. The van der Waals surface area contributed by atoms with Gasteiger partial charge in [-0.2, -0.15) is 0 Å². The smallest absolute Gasteiger partial charge is 0.298 e. The van der Waals surface area contributed by atoms with Crippen molar-refractivity contribution < 1.29 is 28.5 Å². The number of ether oxygens (including phenoxy) is 2. The zero-order valence-corrected chi connectivity index (χ0v) is 8.86. The molecule has 1 aliphatic carbocycles. The van der Waals surface area contributed by atoms with Crippen LogP contribution in [0.25, 0.3) is 0 Å². The summed E-state index contributed by atoms with van der Waals surface area (Å²) >= 11 is 0. The van der Waals surface area contributed by atoms with E-state index in [9.17, 15) is 13.9 Å². The lowest BCUT2D eigenvalue weighted by Gasteiger charge is -2.34. The first-order valence-corrected chi connectivity index (χ1v) is 5.46. The zero-order chi connectivity index (χ0) is 11.8. The van der Waals surface area contributed by atoms with Crippen molar-refractivity contribution in [2.45, 2.75) is 49.6 Å². The average molecular weight is 238 g/mol. The molecule has 2 aliphatic rings. The number of aliphatic hydroxyl groups is 2. The van der Waals surface area contributed by atoms with Crippen LogP contribution in [0.4, 0.5) is 8.78 Å². The largest absolute Gasteiger partial charge is 0.393 e. The maximum Gasteiger partial charge on any atom is 0.298 e. The number of hydrogen-bond donors (Lipinski definition) is 2. The van der Waals surface area contributed by atoms with Crippen molar-refractivity contribution in [1.29, 1.82) is 0 Å². The van der Waals surface area contributed by atoms with E-state index in [1.807, 2.05) is 0 Å². The normalized spacial score (nSPS) is 40.5. The lowest BCUT2D eigenvalue weighted by atomic mass is 9.92. The van der Waals surface area contributed by atoms with Crippen molar-refractivity contribution in [1.82, 2.24) is 0 Å². The number of halogens is 2. The van der Waals surface area contributed by atoms with Gasteiger partial charge >= 0.3 is 0 Å². The van der Waals surface area contributed by atoms with Crippen LogP contribution in [0.1, 0.15) is 25.7 Å². The molecule has 1 spiro atoms. The first-order valence-electron chi connectivity index (χ1n) is 5.46. The summed E-state index contributed by atoms with van der Waals surface area (Å²) in [5, 5.41) is 17.9. The predicted molar refractivity (Wildman–Crippen MR) is 50.1 cm³/mol. The van der Waals surface area contributed by atoms with Crippen LogP contribution in [-0.4, -0.2) is 47.3 Å². The molecule has 16 heavy (non-hydrogen) atoms. The molecule has 94 valence electrons. The fourth-order valence-electron chi connectivity index (χ4n) is 2.17. The van der Waals surface area contributed by atoms with Crippen LogP contribution >= 0.6 is 0 Å². The Hall–Kier alpha value is -0.300. The van der Waals surface area contributed by atoms with E-state index >= 15 is 0 Å². The molecule has 2 fully saturated rings. The number of rotatable bonds is 2. The molecule has 1 aliphatic heterocycles. The Balaban J connectivity index is 1.97. The fourth-order valence-corrected chi connectivity index (χ4v) is 2.17. The molecular formula is C10H16F2O4. The molecule has 2 N–H and O–H groups in total. The minimum atomic E-state index is -3.26. The number of alkyl halides is 2.